The summed E-state index contributed by atoms with van der Waals surface area (Å²) in [6.45, 7) is 5.29. The summed E-state index contributed by atoms with van der Waals surface area (Å²) < 4.78 is 9.99. The first-order valence-corrected chi connectivity index (χ1v) is 6.25. The molecule has 0 spiro atoms. The molecule has 1 heterocycles. The van der Waals surface area contributed by atoms with Gasteiger partial charge in [-0.2, -0.15) is 0 Å². The van der Waals surface area contributed by atoms with E-state index in [1.807, 2.05) is 0 Å². The summed E-state index contributed by atoms with van der Waals surface area (Å²) in [6, 6.07) is -0.768. The number of H-pyrrole nitrogens is 1. The van der Waals surface area contributed by atoms with Crippen molar-refractivity contribution in [3.05, 3.63) is 18.2 Å². The highest BCUT2D eigenvalue weighted by molar-refractivity contribution is 5.81. The van der Waals surface area contributed by atoms with Gasteiger partial charge in [-0.1, -0.05) is 0 Å². The number of methoxy groups -OCH3 is 1. The number of esters is 1. The Morgan fingerprint density at radius 1 is 1.45 bits per heavy atom. The summed E-state index contributed by atoms with van der Waals surface area (Å²) >= 11 is 0. The third-order valence-electron chi connectivity index (χ3n) is 2.59. The molecule has 1 atom stereocenters. The number of hydrogen-bond acceptors (Lipinski definition) is 5. The molecule has 0 aliphatic rings. The minimum Gasteiger partial charge on any atom is -0.467 e. The van der Waals surface area contributed by atoms with Gasteiger partial charge in [0, 0.05) is 25.4 Å². The minimum atomic E-state index is -0.768. The molecule has 1 aromatic rings. The molecule has 112 valence electrons. The van der Waals surface area contributed by atoms with Crippen LogP contribution in [0.15, 0.2) is 12.5 Å². The zero-order valence-corrected chi connectivity index (χ0v) is 12.5. The number of likely N-dealkylation sites (N-methyl/N-ethyl adjacent to an activating group) is 1. The second-order valence-corrected chi connectivity index (χ2v) is 5.41. The molecule has 0 aliphatic carbocycles. The zero-order chi connectivity index (χ0) is 15.3. The van der Waals surface area contributed by atoms with E-state index in [1.165, 1.54) is 25.4 Å². The standard InChI is InChI=1S/C13H21N3O4/c1-13(2,3)20-12(18)16(4)10(11(17)19-5)6-9-7-14-8-15-9/h7-8,10H,6H2,1-5H3,(H,14,15)/t10-/m1/s1. The van der Waals surface area contributed by atoms with Crippen LogP contribution < -0.4 is 0 Å². The molecule has 1 rings (SSSR count). The Balaban J connectivity index is 2.82. The van der Waals surface area contributed by atoms with Gasteiger partial charge in [-0.3, -0.25) is 4.90 Å². The number of carbonyl (C=O) groups is 2. The van der Waals surface area contributed by atoms with E-state index in [2.05, 4.69) is 9.97 Å². The molecule has 0 unspecified atom stereocenters. The molecule has 0 radical (unpaired) electrons. The maximum atomic E-state index is 12.0. The lowest BCUT2D eigenvalue weighted by Crippen LogP contribution is -2.46. The number of aromatic nitrogens is 2. The Morgan fingerprint density at radius 2 is 2.10 bits per heavy atom. The number of hydrogen-bond donors (Lipinski definition) is 1. The van der Waals surface area contributed by atoms with E-state index in [0.29, 0.717) is 0 Å². The van der Waals surface area contributed by atoms with Crippen LogP contribution in [0.25, 0.3) is 0 Å². The van der Waals surface area contributed by atoms with Crippen molar-refractivity contribution in [1.82, 2.24) is 14.9 Å². The highest BCUT2D eigenvalue weighted by Crippen LogP contribution is 2.13. The quantitative estimate of drug-likeness (QED) is 0.843. The average Bonchev–Trinajstić information content (AvgIpc) is 2.85. The number of ether oxygens (including phenoxy) is 2. The number of amides is 1. The fourth-order valence-corrected chi connectivity index (χ4v) is 1.58. The van der Waals surface area contributed by atoms with Crippen molar-refractivity contribution in [1.29, 1.82) is 0 Å². The molecule has 0 aromatic carbocycles. The van der Waals surface area contributed by atoms with E-state index in [0.717, 1.165) is 5.69 Å². The van der Waals surface area contributed by atoms with E-state index < -0.39 is 23.7 Å². The highest BCUT2D eigenvalue weighted by atomic mass is 16.6. The second kappa shape index (κ2) is 6.40. The number of carbonyl (C=O) groups excluding carboxylic acids is 2. The predicted octanol–water partition coefficient (Wildman–Crippen LogP) is 1.36. The fourth-order valence-electron chi connectivity index (χ4n) is 1.58. The van der Waals surface area contributed by atoms with Crippen LogP contribution in [0.5, 0.6) is 0 Å². The van der Waals surface area contributed by atoms with Gasteiger partial charge < -0.3 is 14.5 Å². The molecule has 1 N–H and O–H groups in total. The predicted molar refractivity (Wildman–Crippen MR) is 72.1 cm³/mol. The third kappa shape index (κ3) is 4.56. The van der Waals surface area contributed by atoms with Gasteiger partial charge in [0.15, 0.2) is 0 Å². The fraction of sp³-hybridized carbons (Fsp3) is 0.615. The van der Waals surface area contributed by atoms with Gasteiger partial charge in [0.1, 0.15) is 11.6 Å². The normalized spacial score (nSPS) is 12.7. The van der Waals surface area contributed by atoms with Gasteiger partial charge in [-0.25, -0.2) is 14.6 Å². The van der Waals surface area contributed by atoms with Crippen molar-refractivity contribution in [3.8, 4) is 0 Å². The molecule has 0 saturated heterocycles. The first-order chi connectivity index (χ1) is 9.24. The van der Waals surface area contributed by atoms with Gasteiger partial charge in [0.25, 0.3) is 0 Å². The minimum absolute atomic E-state index is 0.280. The molecule has 0 saturated carbocycles. The molecule has 0 aliphatic heterocycles. The summed E-state index contributed by atoms with van der Waals surface area (Å²) in [5.74, 6) is -0.507. The van der Waals surface area contributed by atoms with Crippen molar-refractivity contribution < 1.29 is 19.1 Å². The van der Waals surface area contributed by atoms with Crippen molar-refractivity contribution in [2.24, 2.45) is 0 Å². The van der Waals surface area contributed by atoms with Gasteiger partial charge >= 0.3 is 12.1 Å². The summed E-state index contributed by atoms with van der Waals surface area (Å²) in [6.07, 6.45) is 2.81. The second-order valence-electron chi connectivity index (χ2n) is 5.41. The largest absolute Gasteiger partial charge is 0.467 e. The molecule has 1 amide bonds. The average molecular weight is 283 g/mol. The SMILES string of the molecule is COC(=O)[C@@H](Cc1cnc[nH]1)N(C)C(=O)OC(C)(C)C. The van der Waals surface area contributed by atoms with Crippen LogP contribution in [0.1, 0.15) is 26.5 Å². The van der Waals surface area contributed by atoms with E-state index in [-0.39, 0.29) is 6.42 Å². The Bertz CT molecular complexity index is 451. The topological polar surface area (TPSA) is 84.5 Å². The lowest BCUT2D eigenvalue weighted by molar-refractivity contribution is -0.146. The monoisotopic (exact) mass is 283 g/mol. The number of nitrogens with zero attached hydrogens (tertiary/aromatic N) is 2. The van der Waals surface area contributed by atoms with Crippen LogP contribution in [0.2, 0.25) is 0 Å². The van der Waals surface area contributed by atoms with Crippen molar-refractivity contribution in [2.75, 3.05) is 14.2 Å². The highest BCUT2D eigenvalue weighted by Gasteiger charge is 2.31. The van der Waals surface area contributed by atoms with Crippen molar-refractivity contribution in [3.63, 3.8) is 0 Å². The Morgan fingerprint density at radius 3 is 2.55 bits per heavy atom. The summed E-state index contributed by atoms with van der Waals surface area (Å²) in [7, 11) is 2.79. The molecular weight excluding hydrogens is 262 g/mol. The third-order valence-corrected chi connectivity index (χ3v) is 2.59. The van der Waals surface area contributed by atoms with E-state index >= 15 is 0 Å². The summed E-state index contributed by atoms with van der Waals surface area (Å²) in [5.41, 5.74) is 0.107. The summed E-state index contributed by atoms with van der Waals surface area (Å²) in [5, 5.41) is 0. The Labute approximate surface area is 118 Å². The van der Waals surface area contributed by atoms with Crippen LogP contribution in [-0.2, 0) is 20.7 Å². The zero-order valence-electron chi connectivity index (χ0n) is 12.5. The molecule has 20 heavy (non-hydrogen) atoms. The van der Waals surface area contributed by atoms with Gasteiger partial charge in [0.05, 0.1) is 13.4 Å². The molecule has 7 nitrogen and oxygen atoms in total. The lowest BCUT2D eigenvalue weighted by Gasteiger charge is -2.29. The van der Waals surface area contributed by atoms with Crippen LogP contribution >= 0.6 is 0 Å². The van der Waals surface area contributed by atoms with Crippen LogP contribution in [-0.4, -0.2) is 52.7 Å². The summed E-state index contributed by atoms with van der Waals surface area (Å²) in [4.78, 5) is 31.9. The van der Waals surface area contributed by atoms with Crippen LogP contribution in [0, 0.1) is 0 Å². The molecular formula is C13H21N3O4. The van der Waals surface area contributed by atoms with Gasteiger partial charge in [0.2, 0.25) is 0 Å². The number of nitrogens with one attached hydrogen (secondary N) is 1. The molecule has 1 aromatic heterocycles. The Kier molecular flexibility index (Phi) is 5.12. The van der Waals surface area contributed by atoms with E-state index in [4.69, 9.17) is 9.47 Å². The smallest absolute Gasteiger partial charge is 0.410 e. The van der Waals surface area contributed by atoms with Crippen molar-refractivity contribution >= 4 is 12.1 Å². The maximum Gasteiger partial charge on any atom is 0.410 e. The van der Waals surface area contributed by atoms with Crippen molar-refractivity contribution in [2.45, 2.75) is 38.8 Å². The van der Waals surface area contributed by atoms with Gasteiger partial charge in [-0.05, 0) is 20.8 Å². The van der Waals surface area contributed by atoms with E-state index in [1.54, 1.807) is 27.0 Å². The number of imidazole rings is 1. The van der Waals surface area contributed by atoms with Gasteiger partial charge in [-0.15, -0.1) is 0 Å². The Hall–Kier alpha value is -2.05. The number of rotatable bonds is 4. The maximum absolute atomic E-state index is 12.0. The number of aromatic amines is 1. The molecule has 0 bridgehead atoms. The molecule has 7 heteroatoms. The van der Waals surface area contributed by atoms with Crippen LogP contribution in [0.3, 0.4) is 0 Å². The van der Waals surface area contributed by atoms with E-state index in [9.17, 15) is 9.59 Å². The van der Waals surface area contributed by atoms with Crippen LogP contribution in [0.4, 0.5) is 4.79 Å². The first kappa shape index (κ1) is 16.0. The first-order valence-electron chi connectivity index (χ1n) is 6.25. The lowest BCUT2D eigenvalue weighted by atomic mass is 10.1. The molecule has 0 fully saturated rings.